The van der Waals surface area contributed by atoms with Crippen molar-refractivity contribution in [3.8, 4) is 0 Å². The van der Waals surface area contributed by atoms with Gasteiger partial charge in [-0.05, 0) is 30.5 Å². The van der Waals surface area contributed by atoms with E-state index >= 15 is 0 Å². The van der Waals surface area contributed by atoms with Gasteiger partial charge in [0.1, 0.15) is 6.04 Å². The average molecular weight is 312 g/mol. The van der Waals surface area contributed by atoms with Crippen LogP contribution in [0.1, 0.15) is 30.6 Å². The number of nitrogens with two attached hydrogens (primary N) is 1. The fraction of sp³-hybridized carbons (Fsp3) is 0.467. The Labute approximate surface area is 130 Å². The number of nitrogens with one attached hydrogen (secondary N) is 1. The lowest BCUT2D eigenvalue weighted by molar-refractivity contribution is -0.131. The number of carbonyl (C=O) groups excluding carboxylic acids is 2. The summed E-state index contributed by atoms with van der Waals surface area (Å²) in [4.78, 5) is 25.9. The predicted molar refractivity (Wildman–Crippen MR) is 85.3 cm³/mol. The van der Waals surface area contributed by atoms with Crippen LogP contribution in [0.3, 0.4) is 0 Å². The molecule has 3 N–H and O–H groups in total. The van der Waals surface area contributed by atoms with Crippen LogP contribution < -0.4 is 11.1 Å². The molecular weight excluding hydrogens is 290 g/mol. The molecule has 0 saturated heterocycles. The van der Waals surface area contributed by atoms with Crippen LogP contribution in [-0.2, 0) is 4.79 Å². The number of hydrogen-bond donors (Lipinski definition) is 2. The Bertz CT molecular complexity index is 530. The van der Waals surface area contributed by atoms with Crippen LogP contribution in [0.4, 0.5) is 5.69 Å². The monoisotopic (exact) mass is 311 g/mol. The number of likely N-dealkylation sites (N-methyl/N-ethyl adjacent to an activating group) is 1. The van der Waals surface area contributed by atoms with Crippen LogP contribution in [0, 0.1) is 5.92 Å². The van der Waals surface area contributed by atoms with E-state index in [1.165, 1.54) is 11.0 Å². The van der Waals surface area contributed by atoms with Gasteiger partial charge in [0, 0.05) is 19.7 Å². The lowest BCUT2D eigenvalue weighted by Gasteiger charge is -2.23. The third-order valence-corrected chi connectivity index (χ3v) is 3.35. The minimum atomic E-state index is -0.551. The zero-order valence-corrected chi connectivity index (χ0v) is 13.6. The molecule has 1 rings (SSSR count). The predicted octanol–water partition coefficient (Wildman–Crippen LogP) is 2.15. The van der Waals surface area contributed by atoms with Crippen LogP contribution in [-0.4, -0.2) is 36.9 Å². The molecule has 0 spiro atoms. The Morgan fingerprint density at radius 2 is 1.95 bits per heavy atom. The van der Waals surface area contributed by atoms with Crippen LogP contribution in [0.2, 0.25) is 5.02 Å². The highest BCUT2D eigenvalue weighted by Crippen LogP contribution is 2.19. The third-order valence-electron chi connectivity index (χ3n) is 3.01. The van der Waals surface area contributed by atoms with Gasteiger partial charge in [-0.25, -0.2) is 0 Å². The molecule has 5 nitrogen and oxygen atoms in total. The Balaban J connectivity index is 2.89. The highest BCUT2D eigenvalue weighted by Gasteiger charge is 2.24. The smallest absolute Gasteiger partial charge is 0.252 e. The van der Waals surface area contributed by atoms with Crippen LogP contribution >= 0.6 is 11.6 Å². The van der Waals surface area contributed by atoms with E-state index in [2.05, 4.69) is 5.32 Å². The van der Waals surface area contributed by atoms with E-state index in [4.69, 9.17) is 17.3 Å². The SMILES string of the molecule is CC(C)CC(NC(=O)c1ccc(Cl)c(N)c1)C(=O)N(C)C. The molecular formula is C15H22ClN3O2. The third kappa shape index (κ3) is 4.93. The van der Waals surface area contributed by atoms with Crippen molar-refractivity contribution in [3.63, 3.8) is 0 Å². The summed E-state index contributed by atoms with van der Waals surface area (Å²) >= 11 is 5.83. The fourth-order valence-corrected chi connectivity index (χ4v) is 2.05. The number of rotatable bonds is 5. The first-order valence-electron chi connectivity index (χ1n) is 6.79. The second-order valence-corrected chi connectivity index (χ2v) is 6.03. The van der Waals surface area contributed by atoms with E-state index in [1.807, 2.05) is 13.8 Å². The van der Waals surface area contributed by atoms with Crippen molar-refractivity contribution in [2.24, 2.45) is 5.92 Å². The summed E-state index contributed by atoms with van der Waals surface area (Å²) in [5.74, 6) is -0.173. The lowest BCUT2D eigenvalue weighted by Crippen LogP contribution is -2.46. The van der Waals surface area contributed by atoms with Crippen molar-refractivity contribution in [1.82, 2.24) is 10.2 Å². The minimum absolute atomic E-state index is 0.126. The summed E-state index contributed by atoms with van der Waals surface area (Å²) in [7, 11) is 3.34. The second kappa shape index (κ2) is 7.31. The summed E-state index contributed by atoms with van der Waals surface area (Å²) in [6, 6.07) is 4.10. The van der Waals surface area contributed by atoms with E-state index in [-0.39, 0.29) is 17.7 Å². The lowest BCUT2D eigenvalue weighted by atomic mass is 10.0. The summed E-state index contributed by atoms with van der Waals surface area (Å²) in [5, 5.41) is 3.16. The Kier molecular flexibility index (Phi) is 6.03. The van der Waals surface area contributed by atoms with Gasteiger partial charge in [0.15, 0.2) is 0 Å². The molecule has 0 aliphatic rings. The van der Waals surface area contributed by atoms with Gasteiger partial charge in [0.05, 0.1) is 10.7 Å². The molecule has 0 fully saturated rings. The Hall–Kier alpha value is -1.75. The number of nitrogen functional groups attached to an aromatic ring is 1. The molecule has 0 aliphatic heterocycles. The van der Waals surface area contributed by atoms with Crippen molar-refractivity contribution < 1.29 is 9.59 Å². The maximum Gasteiger partial charge on any atom is 0.252 e. The molecule has 2 amide bonds. The highest BCUT2D eigenvalue weighted by atomic mass is 35.5. The standard InChI is InChI=1S/C15H22ClN3O2/c1-9(2)7-13(15(21)19(3)4)18-14(20)10-5-6-11(16)12(17)8-10/h5-6,8-9,13H,7,17H2,1-4H3,(H,18,20). The van der Waals surface area contributed by atoms with E-state index in [0.717, 1.165) is 0 Å². The Morgan fingerprint density at radius 1 is 1.33 bits per heavy atom. The van der Waals surface area contributed by atoms with Crippen LogP contribution in [0.5, 0.6) is 0 Å². The molecule has 21 heavy (non-hydrogen) atoms. The molecule has 0 saturated carbocycles. The zero-order valence-electron chi connectivity index (χ0n) is 12.8. The van der Waals surface area contributed by atoms with Crippen molar-refractivity contribution in [3.05, 3.63) is 28.8 Å². The molecule has 1 unspecified atom stereocenters. The number of carbonyl (C=O) groups is 2. The van der Waals surface area contributed by atoms with Gasteiger partial charge in [-0.15, -0.1) is 0 Å². The molecule has 6 heteroatoms. The van der Waals surface area contributed by atoms with Gasteiger partial charge in [-0.1, -0.05) is 25.4 Å². The molecule has 0 aromatic heterocycles. The molecule has 0 radical (unpaired) electrons. The van der Waals surface area contributed by atoms with Crippen molar-refractivity contribution >= 4 is 29.1 Å². The van der Waals surface area contributed by atoms with Crippen molar-refractivity contribution in [1.29, 1.82) is 0 Å². The second-order valence-electron chi connectivity index (χ2n) is 5.62. The summed E-state index contributed by atoms with van der Waals surface area (Å²) in [6.45, 7) is 4.00. The van der Waals surface area contributed by atoms with Gasteiger partial charge in [0.25, 0.3) is 5.91 Å². The number of benzene rings is 1. The summed E-state index contributed by atoms with van der Waals surface area (Å²) in [5.41, 5.74) is 6.41. The summed E-state index contributed by atoms with van der Waals surface area (Å²) < 4.78 is 0. The first kappa shape index (κ1) is 17.3. The van der Waals surface area contributed by atoms with Crippen LogP contribution in [0.25, 0.3) is 0 Å². The molecule has 0 heterocycles. The van der Waals surface area contributed by atoms with Gasteiger partial charge in [-0.3, -0.25) is 9.59 Å². The summed E-state index contributed by atoms with van der Waals surface area (Å²) in [6.07, 6.45) is 0.575. The van der Waals surface area contributed by atoms with Gasteiger partial charge in [0.2, 0.25) is 5.91 Å². The quantitative estimate of drug-likeness (QED) is 0.818. The molecule has 1 aromatic rings. The van der Waals surface area contributed by atoms with Crippen molar-refractivity contribution in [2.45, 2.75) is 26.3 Å². The minimum Gasteiger partial charge on any atom is -0.398 e. The van der Waals surface area contributed by atoms with Gasteiger partial charge >= 0.3 is 0 Å². The van der Waals surface area contributed by atoms with Gasteiger partial charge < -0.3 is 16.0 Å². The van der Waals surface area contributed by atoms with Gasteiger partial charge in [-0.2, -0.15) is 0 Å². The molecule has 1 atom stereocenters. The fourth-order valence-electron chi connectivity index (χ4n) is 1.93. The number of halogens is 1. The van der Waals surface area contributed by atoms with Crippen molar-refractivity contribution in [2.75, 3.05) is 19.8 Å². The van der Waals surface area contributed by atoms with Crippen LogP contribution in [0.15, 0.2) is 18.2 Å². The largest absolute Gasteiger partial charge is 0.398 e. The number of anilines is 1. The average Bonchev–Trinajstić information content (AvgIpc) is 2.39. The van der Waals surface area contributed by atoms with E-state index in [0.29, 0.717) is 22.7 Å². The number of amides is 2. The number of hydrogen-bond acceptors (Lipinski definition) is 3. The first-order chi connectivity index (χ1) is 9.72. The Morgan fingerprint density at radius 3 is 2.43 bits per heavy atom. The molecule has 116 valence electrons. The van der Waals surface area contributed by atoms with E-state index < -0.39 is 6.04 Å². The number of nitrogens with zero attached hydrogens (tertiary/aromatic N) is 1. The maximum atomic E-state index is 12.2. The topological polar surface area (TPSA) is 75.4 Å². The maximum absolute atomic E-state index is 12.2. The van der Waals surface area contributed by atoms with E-state index in [1.54, 1.807) is 26.2 Å². The normalized spacial score (nSPS) is 12.1. The first-order valence-corrected chi connectivity index (χ1v) is 7.17. The molecule has 0 aliphatic carbocycles. The molecule has 0 bridgehead atoms. The van der Waals surface area contributed by atoms with E-state index in [9.17, 15) is 9.59 Å². The molecule has 1 aromatic carbocycles. The highest BCUT2D eigenvalue weighted by molar-refractivity contribution is 6.33. The zero-order chi connectivity index (χ0) is 16.2.